The average Bonchev–Trinajstić information content (AvgIpc) is 3.12. The van der Waals surface area contributed by atoms with Crippen LogP contribution in [0.4, 0.5) is 10.5 Å². The minimum absolute atomic E-state index is 0.132. The maximum atomic E-state index is 12.5. The molecule has 2 saturated heterocycles. The Bertz CT molecular complexity index is 647. The molecule has 1 aromatic heterocycles. The quantitative estimate of drug-likeness (QED) is 0.799. The van der Waals surface area contributed by atoms with E-state index in [-0.39, 0.29) is 17.5 Å². The molecule has 0 radical (unpaired) electrons. The smallest absolute Gasteiger partial charge is 0.321 e. The Morgan fingerprint density at radius 2 is 2.12 bits per heavy atom. The molecule has 25 heavy (non-hydrogen) atoms. The highest BCUT2D eigenvalue weighted by molar-refractivity contribution is 5.97. The Morgan fingerprint density at radius 1 is 1.36 bits per heavy atom. The Kier molecular flexibility index (Phi) is 5.34. The Labute approximate surface area is 146 Å². The summed E-state index contributed by atoms with van der Waals surface area (Å²) in [5, 5.41) is 2.77. The molecule has 2 aliphatic heterocycles. The number of methoxy groups -OCH3 is 1. The highest BCUT2D eigenvalue weighted by Crippen LogP contribution is 2.21. The molecule has 0 spiro atoms. The number of morpholine rings is 1. The number of hydrogen-bond acceptors (Lipinski definition) is 6. The lowest BCUT2D eigenvalue weighted by atomic mass is 10.2. The van der Waals surface area contributed by atoms with E-state index in [1.807, 2.05) is 0 Å². The highest BCUT2D eigenvalue weighted by atomic mass is 16.5. The Hall–Kier alpha value is -2.39. The van der Waals surface area contributed by atoms with Crippen molar-refractivity contribution >= 4 is 17.6 Å². The molecule has 1 aromatic rings. The number of primary amides is 1. The third-order valence-electron chi connectivity index (χ3n) is 4.57. The molecule has 9 heteroatoms. The summed E-state index contributed by atoms with van der Waals surface area (Å²) >= 11 is 0. The van der Waals surface area contributed by atoms with Crippen LogP contribution in [0.5, 0.6) is 5.88 Å². The van der Waals surface area contributed by atoms with Crippen molar-refractivity contribution in [3.8, 4) is 5.88 Å². The molecule has 2 fully saturated rings. The maximum absolute atomic E-state index is 12.5. The van der Waals surface area contributed by atoms with Crippen molar-refractivity contribution in [2.24, 2.45) is 5.73 Å². The van der Waals surface area contributed by atoms with Gasteiger partial charge in [-0.2, -0.15) is 0 Å². The summed E-state index contributed by atoms with van der Waals surface area (Å²) in [5.74, 6) is -0.520. The molecule has 9 nitrogen and oxygen atoms in total. The summed E-state index contributed by atoms with van der Waals surface area (Å²) in [6.07, 6.45) is 2.39. The summed E-state index contributed by atoms with van der Waals surface area (Å²) in [7, 11) is 1.41. The highest BCUT2D eigenvalue weighted by Gasteiger charge is 2.31. The number of carbonyl (C=O) groups excluding carboxylic acids is 2. The lowest BCUT2D eigenvalue weighted by molar-refractivity contribution is 0.0192. The van der Waals surface area contributed by atoms with Gasteiger partial charge in [0.25, 0.3) is 5.91 Å². The number of aromatic nitrogens is 1. The first-order valence-electron chi connectivity index (χ1n) is 8.30. The molecular formula is C16H23N5O4. The molecule has 3 amide bonds. The van der Waals surface area contributed by atoms with Crippen LogP contribution >= 0.6 is 0 Å². The van der Waals surface area contributed by atoms with Crippen LogP contribution < -0.4 is 15.8 Å². The van der Waals surface area contributed by atoms with Crippen molar-refractivity contribution in [3.05, 3.63) is 17.8 Å². The van der Waals surface area contributed by atoms with E-state index in [2.05, 4.69) is 15.2 Å². The molecule has 0 aliphatic carbocycles. The number of ether oxygens (including phenoxy) is 2. The fourth-order valence-corrected chi connectivity index (χ4v) is 3.23. The third-order valence-corrected chi connectivity index (χ3v) is 4.57. The van der Waals surface area contributed by atoms with Crippen molar-refractivity contribution in [1.29, 1.82) is 0 Å². The standard InChI is InChI=1S/C16H23N5O4/c1-24-15-13(14(17)22)8-11(9-18-15)19-16(23)21-3-2-12(10-21)20-4-6-25-7-5-20/h8-9,12H,2-7,10H2,1H3,(H2,17,22)(H,19,23). The first kappa shape index (κ1) is 17.4. The van der Waals surface area contributed by atoms with Gasteiger partial charge in [-0.15, -0.1) is 0 Å². The van der Waals surface area contributed by atoms with Gasteiger partial charge < -0.3 is 25.4 Å². The van der Waals surface area contributed by atoms with E-state index in [1.165, 1.54) is 19.4 Å². The van der Waals surface area contributed by atoms with E-state index < -0.39 is 5.91 Å². The second-order valence-corrected chi connectivity index (χ2v) is 6.11. The van der Waals surface area contributed by atoms with Crippen LogP contribution in [-0.4, -0.2) is 79.3 Å². The van der Waals surface area contributed by atoms with Crippen LogP contribution in [0, 0.1) is 0 Å². The number of likely N-dealkylation sites (tertiary alicyclic amines) is 1. The first-order valence-corrected chi connectivity index (χ1v) is 8.30. The van der Waals surface area contributed by atoms with Gasteiger partial charge in [0.1, 0.15) is 5.56 Å². The van der Waals surface area contributed by atoms with E-state index in [0.717, 1.165) is 32.7 Å². The van der Waals surface area contributed by atoms with Crippen LogP contribution in [0.25, 0.3) is 0 Å². The van der Waals surface area contributed by atoms with Crippen molar-refractivity contribution in [2.75, 3.05) is 51.8 Å². The van der Waals surface area contributed by atoms with Crippen LogP contribution in [0.1, 0.15) is 16.8 Å². The van der Waals surface area contributed by atoms with Gasteiger partial charge in [0.2, 0.25) is 5.88 Å². The molecule has 1 atom stereocenters. The summed E-state index contributed by atoms with van der Waals surface area (Å²) in [6, 6.07) is 1.63. The molecule has 136 valence electrons. The normalized spacial score (nSPS) is 21.2. The van der Waals surface area contributed by atoms with E-state index in [9.17, 15) is 9.59 Å². The van der Waals surface area contributed by atoms with Gasteiger partial charge in [-0.3, -0.25) is 9.69 Å². The fraction of sp³-hybridized carbons (Fsp3) is 0.562. The molecular weight excluding hydrogens is 326 g/mol. The van der Waals surface area contributed by atoms with E-state index in [4.69, 9.17) is 15.2 Å². The zero-order valence-electron chi connectivity index (χ0n) is 14.2. The van der Waals surface area contributed by atoms with E-state index in [0.29, 0.717) is 24.8 Å². The Morgan fingerprint density at radius 3 is 2.80 bits per heavy atom. The minimum atomic E-state index is -0.658. The molecule has 3 N–H and O–H groups in total. The van der Waals surface area contributed by atoms with Crippen molar-refractivity contribution in [1.82, 2.24) is 14.8 Å². The van der Waals surface area contributed by atoms with E-state index >= 15 is 0 Å². The number of amides is 3. The van der Waals surface area contributed by atoms with Gasteiger partial charge in [-0.1, -0.05) is 0 Å². The number of nitrogens with one attached hydrogen (secondary N) is 1. The lowest BCUT2D eigenvalue weighted by Crippen LogP contribution is -2.45. The molecule has 1 unspecified atom stereocenters. The summed E-state index contributed by atoms with van der Waals surface area (Å²) in [5.41, 5.74) is 5.86. The lowest BCUT2D eigenvalue weighted by Gasteiger charge is -2.32. The number of urea groups is 1. The topological polar surface area (TPSA) is 110 Å². The number of anilines is 1. The number of pyridine rings is 1. The molecule has 0 aromatic carbocycles. The largest absolute Gasteiger partial charge is 0.480 e. The van der Waals surface area contributed by atoms with Crippen molar-refractivity contribution in [3.63, 3.8) is 0 Å². The van der Waals surface area contributed by atoms with Gasteiger partial charge >= 0.3 is 6.03 Å². The van der Waals surface area contributed by atoms with E-state index in [1.54, 1.807) is 4.90 Å². The van der Waals surface area contributed by atoms with Crippen molar-refractivity contribution < 1.29 is 19.1 Å². The second kappa shape index (κ2) is 7.66. The van der Waals surface area contributed by atoms with Crippen LogP contribution in [0.3, 0.4) is 0 Å². The van der Waals surface area contributed by atoms with Gasteiger partial charge in [0.05, 0.1) is 32.2 Å². The van der Waals surface area contributed by atoms with Crippen LogP contribution in [-0.2, 0) is 4.74 Å². The predicted octanol–water partition coefficient (Wildman–Crippen LogP) is 0.128. The number of rotatable bonds is 4. The number of hydrogen-bond donors (Lipinski definition) is 2. The van der Waals surface area contributed by atoms with Crippen molar-refractivity contribution in [2.45, 2.75) is 12.5 Å². The maximum Gasteiger partial charge on any atom is 0.321 e. The van der Waals surface area contributed by atoms with Crippen LogP contribution in [0.15, 0.2) is 12.3 Å². The van der Waals surface area contributed by atoms with Gasteiger partial charge in [-0.25, -0.2) is 9.78 Å². The average molecular weight is 349 g/mol. The second-order valence-electron chi connectivity index (χ2n) is 6.11. The zero-order valence-corrected chi connectivity index (χ0v) is 14.2. The summed E-state index contributed by atoms with van der Waals surface area (Å²) in [6.45, 7) is 4.68. The number of nitrogens with two attached hydrogens (primary N) is 1. The molecule has 2 aliphatic rings. The van der Waals surface area contributed by atoms with Gasteiger partial charge in [0.15, 0.2) is 0 Å². The van der Waals surface area contributed by atoms with Crippen LogP contribution in [0.2, 0.25) is 0 Å². The SMILES string of the molecule is COc1ncc(NC(=O)N2CCC(N3CCOCC3)C2)cc1C(N)=O. The molecule has 0 saturated carbocycles. The first-order chi connectivity index (χ1) is 12.1. The molecule has 3 rings (SSSR count). The minimum Gasteiger partial charge on any atom is -0.480 e. The summed E-state index contributed by atoms with van der Waals surface area (Å²) < 4.78 is 10.4. The summed E-state index contributed by atoms with van der Waals surface area (Å²) in [4.78, 5) is 32.1. The monoisotopic (exact) mass is 349 g/mol. The third kappa shape index (κ3) is 3.99. The fourth-order valence-electron chi connectivity index (χ4n) is 3.23. The molecule has 3 heterocycles. The number of carbonyl (C=O) groups is 2. The predicted molar refractivity (Wildman–Crippen MR) is 90.7 cm³/mol. The van der Waals surface area contributed by atoms with Gasteiger partial charge in [0, 0.05) is 32.2 Å². The zero-order chi connectivity index (χ0) is 17.8. The van der Waals surface area contributed by atoms with Gasteiger partial charge in [-0.05, 0) is 12.5 Å². The number of nitrogens with zero attached hydrogens (tertiary/aromatic N) is 3. The molecule has 0 bridgehead atoms. The Balaban J connectivity index is 1.61.